The molecule has 0 aliphatic carbocycles. The van der Waals surface area contributed by atoms with Crippen LogP contribution < -0.4 is 4.90 Å². The molecule has 0 amide bonds. The second kappa shape index (κ2) is 6.50. The molecular weight excluding hydrogens is 298 g/mol. The number of carbonyl (C=O) groups is 1. The molecule has 1 aromatic rings. The number of nitro groups is 1. The van der Waals surface area contributed by atoms with Crippen molar-refractivity contribution >= 4 is 17.3 Å². The van der Waals surface area contributed by atoms with Crippen LogP contribution in [-0.2, 0) is 4.79 Å². The van der Waals surface area contributed by atoms with Crippen LogP contribution in [-0.4, -0.2) is 29.1 Å². The van der Waals surface area contributed by atoms with E-state index in [1.807, 2.05) is 0 Å². The summed E-state index contributed by atoms with van der Waals surface area (Å²) in [6.45, 7) is 0.695. The molecule has 0 atom stereocenters. The fourth-order valence-electron chi connectivity index (χ4n) is 2.49. The summed E-state index contributed by atoms with van der Waals surface area (Å²) in [5.41, 5.74) is -0.899. The Morgan fingerprint density at radius 3 is 2.32 bits per heavy atom. The number of carboxylic acid groups (broad SMARTS) is 1. The maximum Gasteiger partial charge on any atom is 0.327 e. The third-order valence-corrected chi connectivity index (χ3v) is 3.58. The highest BCUT2D eigenvalue weighted by Crippen LogP contribution is 2.31. The zero-order chi connectivity index (χ0) is 16.3. The lowest BCUT2D eigenvalue weighted by molar-refractivity contribution is -0.385. The number of hydrogen-bond donors (Lipinski definition) is 1. The summed E-state index contributed by atoms with van der Waals surface area (Å²) in [6.07, 6.45) is 3.74. The number of aliphatic carboxylic acids is 1. The molecule has 1 aromatic carbocycles. The Balaban J connectivity index is 2.11. The molecule has 0 radical (unpaired) electrons. The summed E-state index contributed by atoms with van der Waals surface area (Å²) in [5, 5.41) is 19.1. The Kier molecular flexibility index (Phi) is 4.69. The fraction of sp³-hybridized carbons (Fsp3) is 0.357. The highest BCUT2D eigenvalue weighted by Gasteiger charge is 2.25. The molecule has 1 aliphatic heterocycles. The lowest BCUT2D eigenvalue weighted by Crippen LogP contribution is -2.34. The van der Waals surface area contributed by atoms with Gasteiger partial charge in [0.25, 0.3) is 5.69 Å². The minimum Gasteiger partial charge on any atom is -0.478 e. The number of benzene rings is 1. The number of anilines is 1. The van der Waals surface area contributed by atoms with Crippen LogP contribution in [0.1, 0.15) is 12.8 Å². The molecule has 0 aromatic heterocycles. The van der Waals surface area contributed by atoms with Crippen molar-refractivity contribution in [2.24, 2.45) is 5.92 Å². The van der Waals surface area contributed by atoms with Gasteiger partial charge >= 0.3 is 5.97 Å². The van der Waals surface area contributed by atoms with Gasteiger partial charge in [-0.25, -0.2) is 13.6 Å². The van der Waals surface area contributed by atoms with Crippen molar-refractivity contribution in [3.63, 3.8) is 0 Å². The first-order valence-electron chi connectivity index (χ1n) is 6.68. The van der Waals surface area contributed by atoms with Crippen molar-refractivity contribution in [1.82, 2.24) is 0 Å². The van der Waals surface area contributed by atoms with Crippen LogP contribution in [0.15, 0.2) is 24.3 Å². The second-order valence-corrected chi connectivity index (χ2v) is 5.04. The zero-order valence-corrected chi connectivity index (χ0v) is 11.5. The molecule has 0 saturated carbocycles. The Morgan fingerprint density at radius 2 is 1.86 bits per heavy atom. The van der Waals surface area contributed by atoms with Crippen molar-refractivity contribution in [2.75, 3.05) is 18.0 Å². The predicted octanol–water partition coefficient (Wildman–Crippen LogP) is 2.73. The highest BCUT2D eigenvalue weighted by molar-refractivity contribution is 5.79. The summed E-state index contributed by atoms with van der Waals surface area (Å²) in [6, 6.07) is 1.41. The summed E-state index contributed by atoms with van der Waals surface area (Å²) >= 11 is 0. The van der Waals surface area contributed by atoms with Crippen molar-refractivity contribution < 1.29 is 23.6 Å². The third-order valence-electron chi connectivity index (χ3n) is 3.58. The summed E-state index contributed by atoms with van der Waals surface area (Å²) in [5.74, 6) is -2.93. The van der Waals surface area contributed by atoms with Crippen LogP contribution >= 0.6 is 0 Å². The van der Waals surface area contributed by atoms with Crippen LogP contribution in [0.25, 0.3) is 0 Å². The van der Waals surface area contributed by atoms with Crippen molar-refractivity contribution in [2.45, 2.75) is 12.8 Å². The van der Waals surface area contributed by atoms with E-state index in [-0.39, 0.29) is 11.6 Å². The molecule has 8 heteroatoms. The first-order chi connectivity index (χ1) is 10.4. The summed E-state index contributed by atoms with van der Waals surface area (Å²) in [4.78, 5) is 21.7. The van der Waals surface area contributed by atoms with Gasteiger partial charge in [-0.05, 0) is 18.8 Å². The molecule has 0 bridgehead atoms. The van der Waals surface area contributed by atoms with Crippen molar-refractivity contribution in [3.05, 3.63) is 46.0 Å². The molecule has 1 aliphatic rings. The van der Waals surface area contributed by atoms with Gasteiger partial charge in [0.05, 0.1) is 17.1 Å². The van der Waals surface area contributed by atoms with Crippen LogP contribution in [0.5, 0.6) is 0 Å². The Labute approximate surface area is 124 Å². The number of piperidine rings is 1. The molecule has 1 saturated heterocycles. The largest absolute Gasteiger partial charge is 0.478 e. The van der Waals surface area contributed by atoms with E-state index in [1.165, 1.54) is 4.90 Å². The maximum atomic E-state index is 13.9. The minimum absolute atomic E-state index is 0.0384. The van der Waals surface area contributed by atoms with E-state index < -0.39 is 28.2 Å². The van der Waals surface area contributed by atoms with Crippen LogP contribution in [0.3, 0.4) is 0 Å². The topological polar surface area (TPSA) is 83.7 Å². The average molecular weight is 312 g/mol. The van der Waals surface area contributed by atoms with Gasteiger partial charge in [0.15, 0.2) is 11.6 Å². The molecule has 1 heterocycles. The number of hydrogen-bond acceptors (Lipinski definition) is 4. The second-order valence-electron chi connectivity index (χ2n) is 5.04. The number of nitro benzene ring substituents is 1. The van der Waals surface area contributed by atoms with Gasteiger partial charge in [0.1, 0.15) is 5.69 Å². The number of nitrogens with zero attached hydrogens (tertiary/aromatic N) is 2. The molecule has 1 N–H and O–H groups in total. The van der Waals surface area contributed by atoms with Gasteiger partial charge in [-0.2, -0.15) is 0 Å². The molecule has 118 valence electrons. The SMILES string of the molecule is O=C(O)C=CC1CCN(c2c(F)cc([N+](=O)[O-])cc2F)CC1. The molecular formula is C14H14F2N2O4. The lowest BCUT2D eigenvalue weighted by atomic mass is 9.96. The van der Waals surface area contributed by atoms with Gasteiger partial charge in [0.2, 0.25) is 0 Å². The van der Waals surface area contributed by atoms with Crippen molar-refractivity contribution in [1.29, 1.82) is 0 Å². The van der Waals surface area contributed by atoms with Gasteiger partial charge in [-0.1, -0.05) is 6.08 Å². The third kappa shape index (κ3) is 3.57. The van der Waals surface area contributed by atoms with E-state index in [9.17, 15) is 23.7 Å². The van der Waals surface area contributed by atoms with E-state index in [0.29, 0.717) is 38.1 Å². The van der Waals surface area contributed by atoms with Crippen molar-refractivity contribution in [3.8, 4) is 0 Å². The number of non-ortho nitro benzene ring substituents is 1. The first-order valence-corrected chi connectivity index (χ1v) is 6.68. The van der Waals surface area contributed by atoms with Gasteiger partial charge < -0.3 is 10.0 Å². The lowest BCUT2D eigenvalue weighted by Gasteiger charge is -2.32. The predicted molar refractivity (Wildman–Crippen MR) is 74.7 cm³/mol. The highest BCUT2D eigenvalue weighted by atomic mass is 19.1. The fourth-order valence-corrected chi connectivity index (χ4v) is 2.49. The van der Waals surface area contributed by atoms with Gasteiger partial charge in [-0.15, -0.1) is 0 Å². The minimum atomic E-state index is -1.03. The Hall–Kier alpha value is -2.51. The first kappa shape index (κ1) is 15.9. The quantitative estimate of drug-likeness (QED) is 0.525. The van der Waals surface area contributed by atoms with Gasteiger partial charge in [0, 0.05) is 19.2 Å². The molecule has 0 unspecified atom stereocenters. The molecule has 2 rings (SSSR count). The van der Waals surface area contributed by atoms with E-state index in [1.54, 1.807) is 6.08 Å². The normalized spacial score (nSPS) is 16.2. The number of carboxylic acids is 1. The average Bonchev–Trinajstić information content (AvgIpc) is 2.45. The number of allylic oxidation sites excluding steroid dienone is 1. The van der Waals surface area contributed by atoms with Crippen LogP contribution in [0.2, 0.25) is 0 Å². The zero-order valence-electron chi connectivity index (χ0n) is 11.5. The van der Waals surface area contributed by atoms with Crippen LogP contribution in [0, 0.1) is 27.7 Å². The molecule has 6 nitrogen and oxygen atoms in total. The van der Waals surface area contributed by atoms with E-state index in [0.717, 1.165) is 6.08 Å². The molecule has 0 spiro atoms. The molecule has 22 heavy (non-hydrogen) atoms. The summed E-state index contributed by atoms with van der Waals surface area (Å²) in [7, 11) is 0. The summed E-state index contributed by atoms with van der Waals surface area (Å²) < 4.78 is 27.9. The van der Waals surface area contributed by atoms with E-state index in [4.69, 9.17) is 5.11 Å². The maximum absolute atomic E-state index is 13.9. The monoisotopic (exact) mass is 312 g/mol. The number of rotatable bonds is 4. The standard InChI is InChI=1S/C14H14F2N2O4/c15-11-7-10(18(21)22)8-12(16)14(11)17-5-3-9(4-6-17)1-2-13(19)20/h1-2,7-9H,3-6H2,(H,19,20). The number of halogens is 2. The van der Waals surface area contributed by atoms with Gasteiger partial charge in [-0.3, -0.25) is 10.1 Å². The Morgan fingerprint density at radius 1 is 1.32 bits per heavy atom. The Bertz CT molecular complexity index is 602. The van der Waals surface area contributed by atoms with E-state index >= 15 is 0 Å². The van der Waals surface area contributed by atoms with E-state index in [2.05, 4.69) is 0 Å². The smallest absolute Gasteiger partial charge is 0.327 e. The molecule has 1 fully saturated rings. The van der Waals surface area contributed by atoms with Crippen LogP contribution in [0.4, 0.5) is 20.2 Å².